The monoisotopic (exact) mass is 604 g/mol. The van der Waals surface area contributed by atoms with E-state index in [0.29, 0.717) is 11.6 Å². The molecule has 220 valence electrons. The Kier molecular flexibility index (Phi) is 5.49. The third-order valence-corrected chi connectivity index (χ3v) is 8.54. The minimum atomic E-state index is -0.228. The van der Waals surface area contributed by atoms with E-state index in [1.807, 2.05) is 126 Å². The molecule has 0 fully saturated rings. The summed E-state index contributed by atoms with van der Waals surface area (Å²) in [6.45, 7) is 0. The molecule has 4 heteroatoms. The van der Waals surface area contributed by atoms with Crippen molar-refractivity contribution in [2.24, 2.45) is 0 Å². The lowest BCUT2D eigenvalue weighted by Gasteiger charge is -2.11. The van der Waals surface area contributed by atoms with Gasteiger partial charge in [-0.05, 0) is 58.2 Å². The first-order valence-electron chi connectivity index (χ1n) is 17.5. The molecule has 2 heterocycles. The predicted molar refractivity (Wildman–Crippen MR) is 193 cm³/mol. The minimum absolute atomic E-state index is 0.0155. The normalized spacial score (nSPS) is 12.6. The Balaban J connectivity index is 1.26. The summed E-state index contributed by atoms with van der Waals surface area (Å²) in [6.07, 6.45) is 0. The summed E-state index contributed by atoms with van der Waals surface area (Å²) >= 11 is 0. The number of hydrogen-bond donors (Lipinski definition) is 0. The smallest absolute Gasteiger partial charge is 0.164 e. The van der Waals surface area contributed by atoms with Crippen molar-refractivity contribution >= 4 is 32.6 Å². The number of nitrogens with zero attached hydrogens (tertiary/aromatic N) is 4. The van der Waals surface area contributed by atoms with Crippen LogP contribution in [0.1, 0.15) is 5.48 Å². The van der Waals surface area contributed by atoms with Gasteiger partial charge in [-0.25, -0.2) is 15.0 Å². The average Bonchev–Trinajstić information content (AvgIpc) is 3.52. The quantitative estimate of drug-likeness (QED) is 0.196. The molecular formula is C43H28N4. The molecule has 0 atom stereocenters. The summed E-state index contributed by atoms with van der Waals surface area (Å²) in [7, 11) is 0. The maximum absolute atomic E-state index is 9.37. The fourth-order valence-corrected chi connectivity index (χ4v) is 6.29. The van der Waals surface area contributed by atoms with E-state index < -0.39 is 0 Å². The van der Waals surface area contributed by atoms with E-state index in [2.05, 4.69) is 24.3 Å². The van der Waals surface area contributed by atoms with Gasteiger partial charge in [-0.1, -0.05) is 133 Å². The lowest BCUT2D eigenvalue weighted by molar-refractivity contribution is 1.07. The van der Waals surface area contributed by atoms with Crippen molar-refractivity contribution in [3.8, 4) is 51.0 Å². The highest BCUT2D eigenvalue weighted by Crippen LogP contribution is 2.37. The van der Waals surface area contributed by atoms with E-state index in [0.717, 1.165) is 54.8 Å². The number of para-hydroxylation sites is 1. The van der Waals surface area contributed by atoms with Crippen LogP contribution in [0.15, 0.2) is 170 Å². The topological polar surface area (TPSA) is 43.6 Å². The fourth-order valence-electron chi connectivity index (χ4n) is 6.29. The maximum atomic E-state index is 9.37. The standard InChI is InChI=1S/C43H28N4/c1-3-11-29(12-4-1)30-19-21-33(22-20-30)42-44-41(32-14-5-2-6-15-32)45-43(46-42)34-23-26-35(27-24-34)47-38-18-10-9-17-37(38)40-36-16-8-7-13-31(36)25-28-39(40)47/h1-28H/i23D,24D,26D,27D. The van der Waals surface area contributed by atoms with Crippen molar-refractivity contribution in [3.63, 3.8) is 0 Å². The van der Waals surface area contributed by atoms with E-state index in [9.17, 15) is 5.48 Å². The Labute approximate surface area is 277 Å². The second-order valence-corrected chi connectivity index (χ2v) is 11.4. The Morgan fingerprint density at radius 1 is 0.383 bits per heavy atom. The molecule has 9 aromatic rings. The highest BCUT2D eigenvalue weighted by Gasteiger charge is 2.16. The molecule has 0 unspecified atom stereocenters. The van der Waals surface area contributed by atoms with Gasteiger partial charge in [0.05, 0.1) is 16.5 Å². The van der Waals surface area contributed by atoms with Crippen molar-refractivity contribution in [1.82, 2.24) is 19.5 Å². The Morgan fingerprint density at radius 3 is 1.60 bits per heavy atom. The lowest BCUT2D eigenvalue weighted by atomic mass is 10.0. The van der Waals surface area contributed by atoms with E-state index in [4.69, 9.17) is 15.0 Å². The number of hydrogen-bond acceptors (Lipinski definition) is 3. The van der Waals surface area contributed by atoms with E-state index in [1.54, 1.807) is 0 Å². The van der Waals surface area contributed by atoms with Crippen LogP contribution < -0.4 is 0 Å². The van der Waals surface area contributed by atoms with E-state index in [1.165, 1.54) is 0 Å². The second kappa shape index (κ2) is 11.2. The van der Waals surface area contributed by atoms with Crippen LogP contribution in [-0.2, 0) is 0 Å². The van der Waals surface area contributed by atoms with Crippen LogP contribution in [0.2, 0.25) is 0 Å². The van der Waals surface area contributed by atoms with Crippen molar-refractivity contribution in [1.29, 1.82) is 0 Å². The zero-order chi connectivity index (χ0) is 34.6. The highest BCUT2D eigenvalue weighted by atomic mass is 15.0. The summed E-state index contributed by atoms with van der Waals surface area (Å²) in [5, 5.41) is 4.10. The molecule has 0 saturated carbocycles. The maximum Gasteiger partial charge on any atom is 0.164 e. The third-order valence-electron chi connectivity index (χ3n) is 8.54. The summed E-state index contributed by atoms with van der Waals surface area (Å²) in [4.78, 5) is 14.4. The molecule has 0 aliphatic carbocycles. The van der Waals surface area contributed by atoms with Gasteiger partial charge in [0.2, 0.25) is 0 Å². The molecule has 7 aromatic carbocycles. The Morgan fingerprint density at radius 2 is 0.894 bits per heavy atom. The van der Waals surface area contributed by atoms with Gasteiger partial charge in [0.25, 0.3) is 0 Å². The molecular weight excluding hydrogens is 573 g/mol. The SMILES string of the molecule is [2H]c1c([2H])c(-n2c3ccccc3c3c4ccccc4ccc32)c([2H])c([2H])c1-c1nc(-c2ccccc2)nc(-c2ccc(-c3ccccc3)cc2)n1. The van der Waals surface area contributed by atoms with Gasteiger partial charge >= 0.3 is 0 Å². The van der Waals surface area contributed by atoms with Crippen LogP contribution in [0, 0.1) is 0 Å². The number of benzene rings is 7. The molecule has 47 heavy (non-hydrogen) atoms. The minimum Gasteiger partial charge on any atom is -0.309 e. The molecule has 0 N–H and O–H groups in total. The molecule has 0 spiro atoms. The first-order chi connectivity index (χ1) is 25.0. The molecule has 0 saturated heterocycles. The zero-order valence-corrected chi connectivity index (χ0v) is 25.1. The van der Waals surface area contributed by atoms with Gasteiger partial charge in [-0.15, -0.1) is 0 Å². The van der Waals surface area contributed by atoms with Crippen molar-refractivity contribution < 1.29 is 5.48 Å². The number of fused-ring (bicyclic) bond motifs is 5. The van der Waals surface area contributed by atoms with Crippen molar-refractivity contribution in [2.45, 2.75) is 0 Å². The van der Waals surface area contributed by atoms with Crippen LogP contribution in [0.25, 0.3) is 83.6 Å². The molecule has 2 aromatic heterocycles. The Hall–Kier alpha value is -6.39. The van der Waals surface area contributed by atoms with Gasteiger partial charge < -0.3 is 4.57 Å². The first-order valence-corrected chi connectivity index (χ1v) is 15.5. The molecule has 4 nitrogen and oxygen atoms in total. The van der Waals surface area contributed by atoms with Crippen LogP contribution in [0.5, 0.6) is 0 Å². The Bertz CT molecular complexity index is 2750. The van der Waals surface area contributed by atoms with Crippen LogP contribution in [0.4, 0.5) is 0 Å². The zero-order valence-electron chi connectivity index (χ0n) is 29.1. The molecule has 0 radical (unpaired) electrons. The van der Waals surface area contributed by atoms with Gasteiger partial charge in [-0.2, -0.15) is 0 Å². The highest BCUT2D eigenvalue weighted by molar-refractivity contribution is 6.21. The predicted octanol–water partition coefficient (Wildman–Crippen LogP) is 10.8. The van der Waals surface area contributed by atoms with E-state index >= 15 is 0 Å². The van der Waals surface area contributed by atoms with Crippen LogP contribution in [-0.4, -0.2) is 19.5 Å². The van der Waals surface area contributed by atoms with E-state index in [-0.39, 0.29) is 41.2 Å². The number of rotatable bonds is 5. The van der Waals surface area contributed by atoms with Crippen LogP contribution >= 0.6 is 0 Å². The number of aromatic nitrogens is 4. The summed E-state index contributed by atoms with van der Waals surface area (Å²) in [5.74, 6) is 0.814. The summed E-state index contributed by atoms with van der Waals surface area (Å²) in [6, 6.07) is 46.7. The molecule has 9 rings (SSSR count). The summed E-state index contributed by atoms with van der Waals surface area (Å²) < 4.78 is 39.3. The fraction of sp³-hybridized carbons (Fsp3) is 0. The molecule has 0 aliphatic rings. The molecule has 0 bridgehead atoms. The largest absolute Gasteiger partial charge is 0.309 e. The summed E-state index contributed by atoms with van der Waals surface area (Å²) in [5.41, 5.74) is 5.40. The van der Waals surface area contributed by atoms with Gasteiger partial charge in [0.15, 0.2) is 17.5 Å². The molecule has 0 amide bonds. The average molecular weight is 605 g/mol. The van der Waals surface area contributed by atoms with Gasteiger partial charge in [-0.3, -0.25) is 0 Å². The van der Waals surface area contributed by atoms with Crippen molar-refractivity contribution in [2.75, 3.05) is 0 Å². The third kappa shape index (κ3) is 4.75. The lowest BCUT2D eigenvalue weighted by Crippen LogP contribution is -2.00. The van der Waals surface area contributed by atoms with Gasteiger partial charge in [0.1, 0.15) is 0 Å². The first kappa shape index (κ1) is 23.0. The molecule has 0 aliphatic heterocycles. The van der Waals surface area contributed by atoms with Crippen molar-refractivity contribution in [3.05, 3.63) is 170 Å². The van der Waals surface area contributed by atoms with Gasteiger partial charge in [0, 0.05) is 33.2 Å². The van der Waals surface area contributed by atoms with Crippen LogP contribution in [0.3, 0.4) is 0 Å². The second-order valence-electron chi connectivity index (χ2n) is 11.4.